The Kier molecular flexibility index (Phi) is 3.04. The number of fused-ring (bicyclic) bond motifs is 1. The second-order valence-electron chi connectivity index (χ2n) is 5.07. The fraction of sp³-hybridized carbons (Fsp3) is 0.571. The van der Waals surface area contributed by atoms with Crippen molar-refractivity contribution >= 4 is 0 Å². The first-order valence-corrected chi connectivity index (χ1v) is 6.49. The van der Waals surface area contributed by atoms with E-state index in [0.717, 1.165) is 38.0 Å². The first-order chi connectivity index (χ1) is 8.33. The summed E-state index contributed by atoms with van der Waals surface area (Å²) in [6, 6.07) is 9.09. The van der Waals surface area contributed by atoms with Gasteiger partial charge < -0.3 is 15.2 Å². The van der Waals surface area contributed by atoms with Crippen LogP contribution < -0.4 is 10.1 Å². The first-order valence-electron chi connectivity index (χ1n) is 6.49. The molecule has 2 N–H and O–H groups in total. The summed E-state index contributed by atoms with van der Waals surface area (Å²) in [6.07, 6.45) is 3.90. The van der Waals surface area contributed by atoms with Crippen LogP contribution in [0.4, 0.5) is 0 Å². The molecule has 1 aromatic rings. The van der Waals surface area contributed by atoms with Gasteiger partial charge in [0.2, 0.25) is 0 Å². The number of benzene rings is 1. The lowest BCUT2D eigenvalue weighted by atomic mass is 9.92. The summed E-state index contributed by atoms with van der Waals surface area (Å²) in [4.78, 5) is 0. The van der Waals surface area contributed by atoms with Crippen molar-refractivity contribution in [1.29, 1.82) is 0 Å². The Morgan fingerprint density at radius 3 is 2.71 bits per heavy atom. The predicted molar refractivity (Wildman–Crippen MR) is 66.1 cm³/mol. The first kappa shape index (κ1) is 11.1. The van der Waals surface area contributed by atoms with E-state index in [4.69, 9.17) is 4.74 Å². The van der Waals surface area contributed by atoms with Crippen LogP contribution in [-0.4, -0.2) is 23.9 Å². The molecular weight excluding hydrogens is 214 g/mol. The van der Waals surface area contributed by atoms with E-state index in [1.165, 1.54) is 5.56 Å². The summed E-state index contributed by atoms with van der Waals surface area (Å²) in [5.41, 5.74) is 1.28. The van der Waals surface area contributed by atoms with Crippen LogP contribution in [0, 0.1) is 0 Å². The second kappa shape index (κ2) is 4.67. The monoisotopic (exact) mass is 233 g/mol. The van der Waals surface area contributed by atoms with Gasteiger partial charge in [-0.15, -0.1) is 0 Å². The zero-order chi connectivity index (χ0) is 11.7. The fourth-order valence-electron chi connectivity index (χ4n) is 2.83. The van der Waals surface area contributed by atoms with Gasteiger partial charge >= 0.3 is 0 Å². The minimum Gasteiger partial charge on any atom is -0.491 e. The summed E-state index contributed by atoms with van der Waals surface area (Å²) in [7, 11) is 0. The number of ether oxygens (including phenoxy) is 1. The summed E-state index contributed by atoms with van der Waals surface area (Å²) < 4.78 is 5.66. The molecule has 1 fully saturated rings. The highest BCUT2D eigenvalue weighted by molar-refractivity contribution is 5.39. The summed E-state index contributed by atoms with van der Waals surface area (Å²) in [6.45, 7) is 0.735. The lowest BCUT2D eigenvalue weighted by Crippen LogP contribution is -2.37. The van der Waals surface area contributed by atoms with Crippen molar-refractivity contribution in [2.75, 3.05) is 6.61 Å². The fourth-order valence-corrected chi connectivity index (χ4v) is 2.83. The zero-order valence-electron chi connectivity index (χ0n) is 9.93. The molecular formula is C14H19NO2. The van der Waals surface area contributed by atoms with E-state index in [1.54, 1.807) is 0 Å². The molecule has 0 aromatic heterocycles. The van der Waals surface area contributed by atoms with E-state index in [1.807, 2.05) is 12.1 Å². The lowest BCUT2D eigenvalue weighted by molar-refractivity contribution is 0.113. The Morgan fingerprint density at radius 1 is 1.12 bits per heavy atom. The molecule has 0 spiro atoms. The molecule has 0 amide bonds. The van der Waals surface area contributed by atoms with Crippen LogP contribution >= 0.6 is 0 Å². The average Bonchev–Trinajstić information content (AvgIpc) is 2.76. The molecule has 17 heavy (non-hydrogen) atoms. The molecule has 0 saturated heterocycles. The largest absolute Gasteiger partial charge is 0.491 e. The number of aliphatic hydroxyl groups excluding tert-OH is 1. The van der Waals surface area contributed by atoms with Gasteiger partial charge in [-0.1, -0.05) is 18.2 Å². The van der Waals surface area contributed by atoms with Gasteiger partial charge in [0.25, 0.3) is 0 Å². The predicted octanol–water partition coefficient (Wildman–Crippen LogP) is 2.01. The highest BCUT2D eigenvalue weighted by Crippen LogP contribution is 2.33. The molecule has 1 aliphatic carbocycles. The number of nitrogens with one attached hydrogen (secondary N) is 1. The summed E-state index contributed by atoms with van der Waals surface area (Å²) in [5, 5.41) is 13.2. The van der Waals surface area contributed by atoms with Gasteiger partial charge in [-0.2, -0.15) is 0 Å². The normalized spacial score (nSPS) is 31.9. The third-order valence-electron chi connectivity index (χ3n) is 3.83. The van der Waals surface area contributed by atoms with Gasteiger partial charge in [-0.05, 0) is 31.7 Å². The molecule has 3 rings (SSSR count). The Morgan fingerprint density at radius 2 is 1.88 bits per heavy atom. The minimum atomic E-state index is -0.0832. The maximum Gasteiger partial charge on any atom is 0.124 e. The van der Waals surface area contributed by atoms with E-state index in [2.05, 4.69) is 17.4 Å². The number of aliphatic hydroxyl groups is 1. The number of para-hydroxylation sites is 1. The zero-order valence-corrected chi connectivity index (χ0v) is 9.93. The third kappa shape index (κ3) is 2.31. The third-order valence-corrected chi connectivity index (χ3v) is 3.83. The van der Waals surface area contributed by atoms with Crippen LogP contribution in [0.25, 0.3) is 0 Å². The van der Waals surface area contributed by atoms with E-state index in [0.29, 0.717) is 12.1 Å². The van der Waals surface area contributed by atoms with Gasteiger partial charge in [-0.25, -0.2) is 0 Å². The SMILES string of the molecule is OC1CCC(NC2COc3ccccc32)CC1. The molecule has 1 atom stereocenters. The molecule has 0 bridgehead atoms. The van der Waals surface area contributed by atoms with E-state index >= 15 is 0 Å². The molecule has 92 valence electrons. The van der Waals surface area contributed by atoms with E-state index in [9.17, 15) is 5.11 Å². The van der Waals surface area contributed by atoms with Crippen LogP contribution in [0.2, 0.25) is 0 Å². The summed E-state index contributed by atoms with van der Waals surface area (Å²) in [5.74, 6) is 1.01. The Balaban J connectivity index is 1.64. The molecule has 2 aliphatic rings. The Labute approximate surface area is 102 Å². The van der Waals surface area contributed by atoms with Gasteiger partial charge in [0.05, 0.1) is 12.1 Å². The molecule has 1 unspecified atom stereocenters. The van der Waals surface area contributed by atoms with Gasteiger partial charge in [-0.3, -0.25) is 0 Å². The molecule has 0 radical (unpaired) electrons. The van der Waals surface area contributed by atoms with Crippen molar-refractivity contribution < 1.29 is 9.84 Å². The van der Waals surface area contributed by atoms with Gasteiger partial charge in [0.1, 0.15) is 12.4 Å². The topological polar surface area (TPSA) is 41.5 Å². The average molecular weight is 233 g/mol. The molecule has 1 aromatic carbocycles. The van der Waals surface area contributed by atoms with Crippen LogP contribution in [0.1, 0.15) is 37.3 Å². The van der Waals surface area contributed by atoms with Crippen molar-refractivity contribution in [3.8, 4) is 5.75 Å². The molecule has 3 heteroatoms. The number of rotatable bonds is 2. The summed E-state index contributed by atoms with van der Waals surface area (Å²) >= 11 is 0. The van der Waals surface area contributed by atoms with E-state index < -0.39 is 0 Å². The highest BCUT2D eigenvalue weighted by Gasteiger charge is 2.27. The molecule has 1 heterocycles. The minimum absolute atomic E-state index is 0.0832. The van der Waals surface area contributed by atoms with Crippen molar-refractivity contribution in [3.05, 3.63) is 29.8 Å². The van der Waals surface area contributed by atoms with Gasteiger partial charge in [0, 0.05) is 11.6 Å². The Hall–Kier alpha value is -1.06. The van der Waals surface area contributed by atoms with Crippen molar-refractivity contribution in [1.82, 2.24) is 5.32 Å². The van der Waals surface area contributed by atoms with Gasteiger partial charge in [0.15, 0.2) is 0 Å². The molecule has 1 aliphatic heterocycles. The quantitative estimate of drug-likeness (QED) is 0.821. The highest BCUT2D eigenvalue weighted by atomic mass is 16.5. The van der Waals surface area contributed by atoms with Crippen molar-refractivity contribution in [3.63, 3.8) is 0 Å². The van der Waals surface area contributed by atoms with Crippen molar-refractivity contribution in [2.45, 2.75) is 43.9 Å². The molecule has 3 nitrogen and oxygen atoms in total. The maximum atomic E-state index is 9.49. The van der Waals surface area contributed by atoms with Crippen LogP contribution in [0.5, 0.6) is 5.75 Å². The van der Waals surface area contributed by atoms with Crippen molar-refractivity contribution in [2.24, 2.45) is 0 Å². The van der Waals surface area contributed by atoms with E-state index in [-0.39, 0.29) is 6.10 Å². The second-order valence-corrected chi connectivity index (χ2v) is 5.07. The van der Waals surface area contributed by atoms with Crippen LogP contribution in [-0.2, 0) is 0 Å². The maximum absolute atomic E-state index is 9.49. The Bertz CT molecular complexity index is 386. The standard InChI is InChI=1S/C14H19NO2/c16-11-7-5-10(6-8-11)15-13-9-17-14-4-2-1-3-12(13)14/h1-4,10-11,13,15-16H,5-9H2. The molecule has 1 saturated carbocycles. The van der Waals surface area contributed by atoms with Crippen LogP contribution in [0.15, 0.2) is 24.3 Å². The lowest BCUT2D eigenvalue weighted by Gasteiger charge is -2.28. The van der Waals surface area contributed by atoms with Crippen LogP contribution in [0.3, 0.4) is 0 Å². The number of hydrogen-bond acceptors (Lipinski definition) is 3. The smallest absolute Gasteiger partial charge is 0.124 e. The number of hydrogen-bond donors (Lipinski definition) is 2.